The van der Waals surface area contributed by atoms with Crippen molar-refractivity contribution in [3.05, 3.63) is 33.8 Å². The van der Waals surface area contributed by atoms with E-state index in [9.17, 15) is 5.11 Å². The highest BCUT2D eigenvalue weighted by molar-refractivity contribution is 6.42. The third-order valence-corrected chi connectivity index (χ3v) is 3.13. The maximum atomic E-state index is 9.20. The molecule has 1 fully saturated rings. The third kappa shape index (κ3) is 2.04. The largest absolute Gasteiger partial charge is 0.368 e. The fourth-order valence-corrected chi connectivity index (χ4v) is 1.91. The van der Waals surface area contributed by atoms with Crippen molar-refractivity contribution in [3.8, 4) is 0 Å². The van der Waals surface area contributed by atoms with Crippen molar-refractivity contribution < 1.29 is 9.84 Å². The van der Waals surface area contributed by atoms with E-state index in [1.165, 1.54) is 0 Å². The molecule has 2 unspecified atom stereocenters. The average molecular weight is 233 g/mol. The monoisotopic (exact) mass is 232 g/mol. The van der Waals surface area contributed by atoms with E-state index in [0.717, 1.165) is 5.56 Å². The van der Waals surface area contributed by atoms with Crippen LogP contribution in [0.2, 0.25) is 10.0 Å². The maximum Gasteiger partial charge on any atom is 0.155 e. The van der Waals surface area contributed by atoms with Gasteiger partial charge in [0, 0.05) is 12.3 Å². The molecule has 0 radical (unpaired) electrons. The number of hydrogen-bond donors (Lipinski definition) is 1. The minimum Gasteiger partial charge on any atom is -0.368 e. The lowest BCUT2D eigenvalue weighted by molar-refractivity contribution is -0.0589. The van der Waals surface area contributed by atoms with Gasteiger partial charge < -0.3 is 9.84 Å². The number of hydrogen-bond acceptors (Lipinski definition) is 2. The molecule has 1 aliphatic rings. The predicted octanol–water partition coefficient (Wildman–Crippen LogP) is 2.82. The first kappa shape index (κ1) is 10.2. The van der Waals surface area contributed by atoms with Crippen LogP contribution in [0.15, 0.2) is 18.2 Å². The molecule has 2 atom stereocenters. The van der Waals surface area contributed by atoms with Gasteiger partial charge in [0.25, 0.3) is 0 Å². The van der Waals surface area contributed by atoms with Gasteiger partial charge in [0.2, 0.25) is 0 Å². The molecule has 76 valence electrons. The standard InChI is InChI=1S/C10H10Cl2O2/c11-8-2-1-6(3-9(8)12)7-4-10(13)14-5-7/h1-3,7,10,13H,4-5H2. The second-order valence-corrected chi connectivity index (χ2v) is 4.21. The van der Waals surface area contributed by atoms with E-state index in [0.29, 0.717) is 23.1 Å². The highest BCUT2D eigenvalue weighted by Gasteiger charge is 2.25. The Morgan fingerprint density at radius 1 is 1.29 bits per heavy atom. The molecule has 0 saturated carbocycles. The van der Waals surface area contributed by atoms with Crippen molar-refractivity contribution in [2.45, 2.75) is 18.6 Å². The lowest BCUT2D eigenvalue weighted by atomic mass is 9.98. The van der Waals surface area contributed by atoms with Crippen LogP contribution >= 0.6 is 23.2 Å². The quantitative estimate of drug-likeness (QED) is 0.808. The molecular formula is C10H10Cl2O2. The predicted molar refractivity (Wildman–Crippen MR) is 55.8 cm³/mol. The molecule has 1 N–H and O–H groups in total. The van der Waals surface area contributed by atoms with Gasteiger partial charge in [0.05, 0.1) is 16.7 Å². The maximum absolute atomic E-state index is 9.20. The molecule has 0 bridgehead atoms. The molecule has 0 aromatic heterocycles. The van der Waals surface area contributed by atoms with Crippen LogP contribution < -0.4 is 0 Å². The Bertz CT molecular complexity index is 341. The van der Waals surface area contributed by atoms with Crippen molar-refractivity contribution in [3.63, 3.8) is 0 Å². The SMILES string of the molecule is OC1CC(c2ccc(Cl)c(Cl)c2)CO1. The summed E-state index contributed by atoms with van der Waals surface area (Å²) in [4.78, 5) is 0. The Balaban J connectivity index is 2.20. The number of benzene rings is 1. The Morgan fingerprint density at radius 3 is 2.64 bits per heavy atom. The second-order valence-electron chi connectivity index (χ2n) is 3.39. The number of rotatable bonds is 1. The zero-order valence-corrected chi connectivity index (χ0v) is 8.92. The Labute approximate surface area is 92.4 Å². The summed E-state index contributed by atoms with van der Waals surface area (Å²) >= 11 is 11.7. The Kier molecular flexibility index (Phi) is 2.98. The van der Waals surface area contributed by atoms with Gasteiger partial charge in [0.1, 0.15) is 0 Å². The van der Waals surface area contributed by atoms with Crippen LogP contribution in [0.3, 0.4) is 0 Å². The second kappa shape index (κ2) is 4.07. The summed E-state index contributed by atoms with van der Waals surface area (Å²) < 4.78 is 5.07. The van der Waals surface area contributed by atoms with Gasteiger partial charge in [-0.1, -0.05) is 29.3 Å². The summed E-state index contributed by atoms with van der Waals surface area (Å²) in [5.41, 5.74) is 1.07. The zero-order chi connectivity index (χ0) is 10.1. The molecule has 0 aliphatic carbocycles. The molecule has 14 heavy (non-hydrogen) atoms. The summed E-state index contributed by atoms with van der Waals surface area (Å²) in [7, 11) is 0. The van der Waals surface area contributed by atoms with E-state index >= 15 is 0 Å². The van der Waals surface area contributed by atoms with Crippen LogP contribution in [-0.4, -0.2) is 18.0 Å². The lowest BCUT2D eigenvalue weighted by Gasteiger charge is -2.08. The fraction of sp³-hybridized carbons (Fsp3) is 0.400. The van der Waals surface area contributed by atoms with Gasteiger partial charge in [0.15, 0.2) is 6.29 Å². The molecule has 0 spiro atoms. The molecule has 0 amide bonds. The molecule has 1 heterocycles. The van der Waals surface area contributed by atoms with Crippen LogP contribution in [0, 0.1) is 0 Å². The first-order chi connectivity index (χ1) is 6.66. The van der Waals surface area contributed by atoms with Gasteiger partial charge >= 0.3 is 0 Å². The van der Waals surface area contributed by atoms with Crippen LogP contribution in [-0.2, 0) is 4.74 Å². The van der Waals surface area contributed by atoms with Gasteiger partial charge in [-0.2, -0.15) is 0 Å². The first-order valence-electron chi connectivity index (χ1n) is 4.41. The topological polar surface area (TPSA) is 29.5 Å². The first-order valence-corrected chi connectivity index (χ1v) is 5.17. The Morgan fingerprint density at radius 2 is 2.07 bits per heavy atom. The summed E-state index contributed by atoms with van der Waals surface area (Å²) in [6.45, 7) is 0.541. The van der Waals surface area contributed by atoms with Gasteiger partial charge in [-0.15, -0.1) is 0 Å². The summed E-state index contributed by atoms with van der Waals surface area (Å²) in [6, 6.07) is 5.51. The number of aliphatic hydroxyl groups is 1. The summed E-state index contributed by atoms with van der Waals surface area (Å²) in [6.07, 6.45) is -0.0210. The van der Waals surface area contributed by atoms with E-state index in [1.54, 1.807) is 6.07 Å². The van der Waals surface area contributed by atoms with E-state index in [1.807, 2.05) is 12.1 Å². The van der Waals surface area contributed by atoms with Crippen LogP contribution in [0.1, 0.15) is 17.9 Å². The van der Waals surface area contributed by atoms with Crippen molar-refractivity contribution in [2.75, 3.05) is 6.61 Å². The minimum absolute atomic E-state index is 0.222. The normalized spacial score (nSPS) is 26.8. The summed E-state index contributed by atoms with van der Waals surface area (Å²) in [5.74, 6) is 0.222. The van der Waals surface area contributed by atoms with E-state index in [2.05, 4.69) is 0 Å². The van der Waals surface area contributed by atoms with Crippen molar-refractivity contribution in [2.24, 2.45) is 0 Å². The summed E-state index contributed by atoms with van der Waals surface area (Å²) in [5, 5.41) is 10.3. The molecule has 1 saturated heterocycles. The third-order valence-electron chi connectivity index (χ3n) is 2.39. The van der Waals surface area contributed by atoms with E-state index in [4.69, 9.17) is 27.9 Å². The molecular weight excluding hydrogens is 223 g/mol. The zero-order valence-electron chi connectivity index (χ0n) is 7.41. The van der Waals surface area contributed by atoms with Gasteiger partial charge in [-0.05, 0) is 17.7 Å². The van der Waals surface area contributed by atoms with Gasteiger partial charge in [-0.25, -0.2) is 0 Å². The van der Waals surface area contributed by atoms with Crippen LogP contribution in [0.4, 0.5) is 0 Å². The number of ether oxygens (including phenoxy) is 1. The lowest BCUT2D eigenvalue weighted by Crippen LogP contribution is -2.01. The molecule has 1 aromatic rings. The van der Waals surface area contributed by atoms with E-state index in [-0.39, 0.29) is 5.92 Å². The Hall–Kier alpha value is -0.280. The fourth-order valence-electron chi connectivity index (χ4n) is 1.61. The molecule has 2 rings (SSSR count). The smallest absolute Gasteiger partial charge is 0.155 e. The average Bonchev–Trinajstić information content (AvgIpc) is 2.57. The highest BCUT2D eigenvalue weighted by Crippen LogP contribution is 2.32. The molecule has 1 aliphatic heterocycles. The van der Waals surface area contributed by atoms with Crippen molar-refractivity contribution >= 4 is 23.2 Å². The van der Waals surface area contributed by atoms with E-state index < -0.39 is 6.29 Å². The van der Waals surface area contributed by atoms with Crippen LogP contribution in [0.25, 0.3) is 0 Å². The molecule has 2 nitrogen and oxygen atoms in total. The van der Waals surface area contributed by atoms with Crippen LogP contribution in [0.5, 0.6) is 0 Å². The highest BCUT2D eigenvalue weighted by atomic mass is 35.5. The van der Waals surface area contributed by atoms with Crippen molar-refractivity contribution in [1.82, 2.24) is 0 Å². The molecule has 1 aromatic carbocycles. The molecule has 4 heteroatoms. The number of aliphatic hydroxyl groups excluding tert-OH is 1. The number of halogens is 2. The van der Waals surface area contributed by atoms with Crippen molar-refractivity contribution in [1.29, 1.82) is 0 Å². The minimum atomic E-state index is -0.644. The van der Waals surface area contributed by atoms with Gasteiger partial charge in [-0.3, -0.25) is 0 Å².